The van der Waals surface area contributed by atoms with Crippen LogP contribution in [0.1, 0.15) is 17.9 Å². The summed E-state index contributed by atoms with van der Waals surface area (Å²) in [6, 6.07) is 13.7. The van der Waals surface area contributed by atoms with Crippen molar-refractivity contribution in [1.29, 1.82) is 0 Å². The standard InChI is InChI=1S/C16H17ClFNO/c17-14-2-1-3-16(10-14)20-9-8-13(11-19)12-4-6-15(18)7-5-12/h1-7,10,13H,8-9,11,19H2. The van der Waals surface area contributed by atoms with E-state index in [1.54, 1.807) is 24.3 Å². The highest BCUT2D eigenvalue weighted by atomic mass is 35.5. The van der Waals surface area contributed by atoms with Crippen LogP contribution in [0.2, 0.25) is 5.02 Å². The minimum atomic E-state index is -0.236. The summed E-state index contributed by atoms with van der Waals surface area (Å²) in [6.07, 6.45) is 0.772. The summed E-state index contributed by atoms with van der Waals surface area (Å²) in [6.45, 7) is 1.05. The molecule has 2 N–H and O–H groups in total. The zero-order valence-corrected chi connectivity index (χ0v) is 11.8. The molecule has 0 aliphatic rings. The molecule has 1 atom stereocenters. The number of hydrogen-bond donors (Lipinski definition) is 1. The Labute approximate surface area is 123 Å². The van der Waals surface area contributed by atoms with Crippen LogP contribution in [0.4, 0.5) is 4.39 Å². The van der Waals surface area contributed by atoms with Gasteiger partial charge in [0.05, 0.1) is 6.61 Å². The fourth-order valence-electron chi connectivity index (χ4n) is 2.03. The summed E-state index contributed by atoms with van der Waals surface area (Å²) in [7, 11) is 0. The summed E-state index contributed by atoms with van der Waals surface area (Å²) in [5.41, 5.74) is 6.81. The summed E-state index contributed by atoms with van der Waals surface area (Å²) < 4.78 is 18.5. The average Bonchev–Trinajstić information content (AvgIpc) is 2.45. The van der Waals surface area contributed by atoms with Gasteiger partial charge in [0.15, 0.2) is 0 Å². The number of benzene rings is 2. The van der Waals surface area contributed by atoms with Crippen molar-refractivity contribution in [2.24, 2.45) is 5.73 Å². The van der Waals surface area contributed by atoms with Gasteiger partial charge < -0.3 is 10.5 Å². The van der Waals surface area contributed by atoms with Crippen LogP contribution in [-0.2, 0) is 0 Å². The van der Waals surface area contributed by atoms with Gasteiger partial charge in [-0.3, -0.25) is 0 Å². The summed E-state index contributed by atoms with van der Waals surface area (Å²) in [4.78, 5) is 0. The Hall–Kier alpha value is -1.58. The highest BCUT2D eigenvalue weighted by molar-refractivity contribution is 6.30. The molecular weight excluding hydrogens is 277 g/mol. The van der Waals surface area contributed by atoms with Crippen molar-refractivity contribution in [3.05, 3.63) is 64.9 Å². The SMILES string of the molecule is NCC(CCOc1cccc(Cl)c1)c1ccc(F)cc1. The third-order valence-corrected chi connectivity index (χ3v) is 3.39. The van der Waals surface area contributed by atoms with Crippen LogP contribution < -0.4 is 10.5 Å². The van der Waals surface area contributed by atoms with Crippen molar-refractivity contribution >= 4 is 11.6 Å². The van der Waals surface area contributed by atoms with Crippen LogP contribution >= 0.6 is 11.6 Å². The Morgan fingerprint density at radius 2 is 1.90 bits per heavy atom. The molecule has 0 bridgehead atoms. The second kappa shape index (κ2) is 7.27. The Morgan fingerprint density at radius 3 is 2.55 bits per heavy atom. The van der Waals surface area contributed by atoms with Crippen LogP contribution in [0, 0.1) is 5.82 Å². The van der Waals surface area contributed by atoms with Gasteiger partial charge in [0.25, 0.3) is 0 Å². The van der Waals surface area contributed by atoms with Crippen molar-refractivity contribution in [3.63, 3.8) is 0 Å². The maximum Gasteiger partial charge on any atom is 0.123 e. The topological polar surface area (TPSA) is 35.2 Å². The molecule has 0 aromatic heterocycles. The Bertz CT molecular complexity index is 544. The van der Waals surface area contributed by atoms with E-state index in [2.05, 4.69) is 0 Å². The number of halogens is 2. The van der Waals surface area contributed by atoms with E-state index in [1.165, 1.54) is 12.1 Å². The molecule has 0 aliphatic heterocycles. The van der Waals surface area contributed by atoms with Gasteiger partial charge in [-0.1, -0.05) is 29.8 Å². The maximum atomic E-state index is 12.9. The highest BCUT2D eigenvalue weighted by Gasteiger charge is 2.10. The molecule has 2 rings (SSSR count). The van der Waals surface area contributed by atoms with E-state index < -0.39 is 0 Å². The quantitative estimate of drug-likeness (QED) is 0.874. The van der Waals surface area contributed by atoms with Crippen LogP contribution in [0.5, 0.6) is 5.75 Å². The Balaban J connectivity index is 1.89. The van der Waals surface area contributed by atoms with E-state index in [1.807, 2.05) is 12.1 Å². The average molecular weight is 294 g/mol. The van der Waals surface area contributed by atoms with Crippen molar-refractivity contribution in [1.82, 2.24) is 0 Å². The fourth-order valence-corrected chi connectivity index (χ4v) is 2.21. The van der Waals surface area contributed by atoms with Gasteiger partial charge in [-0.2, -0.15) is 0 Å². The number of ether oxygens (including phenoxy) is 1. The molecule has 0 amide bonds. The first-order valence-electron chi connectivity index (χ1n) is 6.53. The molecular formula is C16H17ClFNO. The van der Waals surface area contributed by atoms with Gasteiger partial charge in [0.2, 0.25) is 0 Å². The van der Waals surface area contributed by atoms with Crippen LogP contribution in [0.25, 0.3) is 0 Å². The largest absolute Gasteiger partial charge is 0.494 e. The molecule has 2 nitrogen and oxygen atoms in total. The molecule has 2 aromatic carbocycles. The van der Waals surface area contributed by atoms with E-state index >= 15 is 0 Å². The summed E-state index contributed by atoms with van der Waals surface area (Å²) >= 11 is 5.89. The van der Waals surface area contributed by atoms with Gasteiger partial charge in [0.1, 0.15) is 11.6 Å². The van der Waals surface area contributed by atoms with E-state index in [4.69, 9.17) is 22.1 Å². The lowest BCUT2D eigenvalue weighted by molar-refractivity contribution is 0.298. The molecule has 0 saturated heterocycles. The summed E-state index contributed by atoms with van der Waals surface area (Å²) in [5, 5.41) is 0.649. The second-order valence-electron chi connectivity index (χ2n) is 4.58. The zero-order chi connectivity index (χ0) is 14.4. The molecule has 1 unspecified atom stereocenters. The van der Waals surface area contributed by atoms with Crippen LogP contribution in [0.15, 0.2) is 48.5 Å². The minimum Gasteiger partial charge on any atom is -0.494 e. The molecule has 4 heteroatoms. The molecule has 0 fully saturated rings. The minimum absolute atomic E-state index is 0.162. The zero-order valence-electron chi connectivity index (χ0n) is 11.1. The van der Waals surface area contributed by atoms with Gasteiger partial charge in [-0.25, -0.2) is 4.39 Å². The summed E-state index contributed by atoms with van der Waals surface area (Å²) in [5.74, 6) is 0.668. The van der Waals surface area contributed by atoms with Crippen LogP contribution in [-0.4, -0.2) is 13.2 Å². The van der Waals surface area contributed by atoms with Gasteiger partial charge in [-0.05, 0) is 54.8 Å². The molecule has 0 spiro atoms. The predicted molar refractivity (Wildman–Crippen MR) is 79.8 cm³/mol. The first-order chi connectivity index (χ1) is 9.69. The van der Waals surface area contributed by atoms with Gasteiger partial charge in [0, 0.05) is 5.02 Å². The first kappa shape index (κ1) is 14.8. The Morgan fingerprint density at radius 1 is 1.15 bits per heavy atom. The number of rotatable bonds is 6. The normalized spacial score (nSPS) is 12.2. The fraction of sp³-hybridized carbons (Fsp3) is 0.250. The lowest BCUT2D eigenvalue weighted by Gasteiger charge is -2.15. The maximum absolute atomic E-state index is 12.9. The number of nitrogens with two attached hydrogens (primary N) is 1. The third-order valence-electron chi connectivity index (χ3n) is 3.16. The van der Waals surface area contributed by atoms with Crippen molar-refractivity contribution in [2.75, 3.05) is 13.2 Å². The molecule has 0 heterocycles. The molecule has 0 aliphatic carbocycles. The second-order valence-corrected chi connectivity index (χ2v) is 5.02. The van der Waals surface area contributed by atoms with E-state index in [9.17, 15) is 4.39 Å². The molecule has 0 radical (unpaired) electrons. The first-order valence-corrected chi connectivity index (χ1v) is 6.90. The predicted octanol–water partition coefficient (Wildman–Crippen LogP) is 3.99. The number of hydrogen-bond acceptors (Lipinski definition) is 2. The molecule has 106 valence electrons. The van der Waals surface area contributed by atoms with Crippen molar-refractivity contribution in [3.8, 4) is 5.75 Å². The van der Waals surface area contributed by atoms with Crippen LogP contribution in [0.3, 0.4) is 0 Å². The third kappa shape index (κ3) is 4.22. The smallest absolute Gasteiger partial charge is 0.123 e. The van der Waals surface area contributed by atoms with Gasteiger partial charge in [-0.15, -0.1) is 0 Å². The van der Waals surface area contributed by atoms with E-state index in [-0.39, 0.29) is 11.7 Å². The monoisotopic (exact) mass is 293 g/mol. The van der Waals surface area contributed by atoms with E-state index in [0.717, 1.165) is 17.7 Å². The molecule has 20 heavy (non-hydrogen) atoms. The van der Waals surface area contributed by atoms with E-state index in [0.29, 0.717) is 18.2 Å². The molecule has 2 aromatic rings. The highest BCUT2D eigenvalue weighted by Crippen LogP contribution is 2.21. The Kier molecular flexibility index (Phi) is 5.39. The van der Waals surface area contributed by atoms with Crippen molar-refractivity contribution < 1.29 is 9.13 Å². The van der Waals surface area contributed by atoms with Gasteiger partial charge >= 0.3 is 0 Å². The molecule has 0 saturated carbocycles. The lowest BCUT2D eigenvalue weighted by atomic mass is 9.96. The lowest BCUT2D eigenvalue weighted by Crippen LogP contribution is -2.15. The van der Waals surface area contributed by atoms with Crippen molar-refractivity contribution in [2.45, 2.75) is 12.3 Å².